The maximum atomic E-state index is 7.09. The number of ether oxygens (including phenoxy) is 11. The Morgan fingerprint density at radius 2 is 0.584 bits per heavy atom. The topological polar surface area (TPSA) is 102 Å². The van der Waals surface area contributed by atoms with E-state index in [1.807, 2.05) is 188 Å². The molecule has 0 saturated carbocycles. The van der Waals surface area contributed by atoms with Gasteiger partial charge in [-0.3, -0.25) is 0 Å². The van der Waals surface area contributed by atoms with Crippen LogP contribution in [-0.4, -0.2) is 81.7 Å². The predicted octanol–water partition coefficient (Wildman–Crippen LogP) is 13.4. The zero-order valence-corrected chi connectivity index (χ0v) is 45.6. The highest BCUT2D eigenvalue weighted by Gasteiger charge is 2.52. The van der Waals surface area contributed by atoms with E-state index in [9.17, 15) is 0 Å². The fourth-order valence-electron chi connectivity index (χ4n) is 9.17. The van der Waals surface area contributed by atoms with E-state index in [0.717, 1.165) is 38.9 Å². The van der Waals surface area contributed by atoms with Crippen LogP contribution in [0.4, 0.5) is 0 Å². The summed E-state index contributed by atoms with van der Waals surface area (Å²) in [7, 11) is 1.59. The third-order valence-corrected chi connectivity index (χ3v) is 14.2. The summed E-state index contributed by atoms with van der Waals surface area (Å²) in [6.07, 6.45) is -8.22. The van der Waals surface area contributed by atoms with E-state index in [0.29, 0.717) is 20.1 Å². The molecule has 15 heteroatoms. The second-order valence-electron chi connectivity index (χ2n) is 18.8. The molecule has 0 spiro atoms. The summed E-state index contributed by atoms with van der Waals surface area (Å²) in [6.45, 7) is 1.59. The molecule has 2 heterocycles. The van der Waals surface area contributed by atoms with E-state index in [4.69, 9.17) is 98.5 Å². The third kappa shape index (κ3) is 16.9. The van der Waals surface area contributed by atoms with Gasteiger partial charge in [0.05, 0.1) is 59.5 Å². The van der Waals surface area contributed by atoms with E-state index < -0.39 is 61.4 Å². The summed E-state index contributed by atoms with van der Waals surface area (Å²) in [6, 6.07) is 59.8. The molecule has 11 nitrogen and oxygen atoms in total. The molecule has 7 aromatic rings. The lowest BCUT2D eigenvalue weighted by Gasteiger charge is -2.48. The number of hydrogen-bond acceptors (Lipinski definition) is 11. The lowest BCUT2D eigenvalue weighted by molar-refractivity contribution is -0.351. The van der Waals surface area contributed by atoms with Gasteiger partial charge in [-0.1, -0.05) is 186 Å². The van der Waals surface area contributed by atoms with Gasteiger partial charge in [-0.25, -0.2) is 0 Å². The Balaban J connectivity index is 1.06. The number of hydrogen-bond donors (Lipinski definition) is 0. The first-order valence-electron chi connectivity index (χ1n) is 25.6. The molecule has 0 aromatic heterocycles. The largest absolute Gasteiger partial charge is 0.374 e. The Hall–Kier alpha value is -4.74. The highest BCUT2D eigenvalue weighted by atomic mass is 35.5. The molecule has 2 fully saturated rings. The molecule has 77 heavy (non-hydrogen) atoms. The van der Waals surface area contributed by atoms with Crippen molar-refractivity contribution >= 4 is 46.4 Å². The normalized spacial score (nSPS) is 23.4. The third-order valence-electron chi connectivity index (χ3n) is 13.2. The van der Waals surface area contributed by atoms with Crippen molar-refractivity contribution in [2.75, 3.05) is 20.3 Å². The van der Waals surface area contributed by atoms with Crippen LogP contribution in [0.3, 0.4) is 0 Å². The molecule has 0 amide bonds. The first-order valence-corrected chi connectivity index (χ1v) is 27.1. The van der Waals surface area contributed by atoms with Crippen molar-refractivity contribution < 1.29 is 52.1 Å². The summed E-state index contributed by atoms with van der Waals surface area (Å²) in [5.74, 6) is 0. The van der Waals surface area contributed by atoms with Crippen LogP contribution in [0.5, 0.6) is 0 Å². The van der Waals surface area contributed by atoms with Gasteiger partial charge in [0, 0.05) is 27.2 Å². The summed E-state index contributed by atoms with van der Waals surface area (Å²) in [5.41, 5.74) is 6.48. The highest BCUT2D eigenvalue weighted by molar-refractivity contribution is 6.31. The van der Waals surface area contributed by atoms with Gasteiger partial charge in [0.15, 0.2) is 12.6 Å². The van der Waals surface area contributed by atoms with E-state index in [2.05, 4.69) is 0 Å². The SMILES string of the molecule is CO[C@H]1O[C@H](CO[C@@H]2O[C@H](COCc3ccc(Cl)cc3)[C@@H](OCc3ccc(Cl)cc3)[C@H](OCc3ccc(Cl)cc3)[C@H]2OCc2ccc(Cl)cc2)[C@@H](OCc2ccccc2)[C@H](OCc2ccccc2)[C@H]1OCc1ccccc1. The van der Waals surface area contributed by atoms with Crippen molar-refractivity contribution in [2.45, 2.75) is 108 Å². The summed E-state index contributed by atoms with van der Waals surface area (Å²) in [5, 5.41) is 2.44. The molecule has 0 aliphatic carbocycles. The molecule has 0 radical (unpaired) electrons. The van der Waals surface area contributed by atoms with Gasteiger partial charge in [-0.15, -0.1) is 0 Å². The van der Waals surface area contributed by atoms with Crippen LogP contribution in [0, 0.1) is 0 Å². The maximum Gasteiger partial charge on any atom is 0.187 e. The molecule has 0 N–H and O–H groups in total. The van der Waals surface area contributed by atoms with Gasteiger partial charge in [0.1, 0.15) is 48.8 Å². The van der Waals surface area contributed by atoms with Gasteiger partial charge in [-0.05, 0) is 87.5 Å². The zero-order chi connectivity index (χ0) is 53.2. The van der Waals surface area contributed by atoms with E-state index >= 15 is 0 Å². The fraction of sp³-hybridized carbons (Fsp3) is 0.323. The zero-order valence-electron chi connectivity index (χ0n) is 42.5. The fourth-order valence-corrected chi connectivity index (χ4v) is 9.67. The lowest BCUT2D eigenvalue weighted by Crippen LogP contribution is -2.64. The number of rotatable bonds is 26. The summed E-state index contributed by atoms with van der Waals surface area (Å²) in [4.78, 5) is 0. The monoisotopic (exact) mass is 1120 g/mol. The quantitative estimate of drug-likeness (QED) is 0.0518. The average molecular weight is 1120 g/mol. The van der Waals surface area contributed by atoms with Crippen molar-refractivity contribution in [3.8, 4) is 0 Å². The lowest BCUT2D eigenvalue weighted by atomic mass is 9.96. The van der Waals surface area contributed by atoms with Crippen LogP contribution in [0.25, 0.3) is 0 Å². The van der Waals surface area contributed by atoms with E-state index in [-0.39, 0.29) is 59.5 Å². The standard InChI is InChI=1S/C62H62Cl4O11/c1-67-61-59(73-36-44-15-9-4-10-16-44)57(71-35-43-13-7-3-8-14-43)56(69-34-42-11-5-2-6-12-42)54(76-61)41-75-62-60(74-39-48-23-31-52(66)32-24-48)58(72-38-47-21-29-51(65)30-22-47)55(70-37-46-19-27-50(64)28-20-46)53(77-62)40-68-33-45-17-25-49(63)26-18-45/h2-32,53-62H,33-41H2,1H3/t53-,54-,55-,56-,57+,58+,59-,60-,61+,62-/m1/s1. The maximum absolute atomic E-state index is 7.09. The first-order chi connectivity index (χ1) is 37.7. The van der Waals surface area contributed by atoms with Gasteiger partial charge < -0.3 is 52.1 Å². The Bertz CT molecular complexity index is 2780. The van der Waals surface area contributed by atoms with Gasteiger partial charge >= 0.3 is 0 Å². The van der Waals surface area contributed by atoms with Crippen molar-refractivity contribution in [2.24, 2.45) is 0 Å². The highest BCUT2D eigenvalue weighted by Crippen LogP contribution is 2.35. The first kappa shape index (κ1) is 57.0. The van der Waals surface area contributed by atoms with Gasteiger partial charge in [-0.2, -0.15) is 0 Å². The van der Waals surface area contributed by atoms with Crippen LogP contribution in [0.1, 0.15) is 38.9 Å². The number of benzene rings is 7. The van der Waals surface area contributed by atoms with E-state index in [1.165, 1.54) is 0 Å². The average Bonchev–Trinajstić information content (AvgIpc) is 3.46. The minimum Gasteiger partial charge on any atom is -0.374 e. The summed E-state index contributed by atoms with van der Waals surface area (Å²) < 4.78 is 75.1. The Morgan fingerprint density at radius 3 is 0.948 bits per heavy atom. The second kappa shape index (κ2) is 29.5. The van der Waals surface area contributed by atoms with Crippen LogP contribution in [0.15, 0.2) is 188 Å². The number of methoxy groups -OCH3 is 1. The molecule has 10 atom stereocenters. The molecular weight excluding hydrogens is 1060 g/mol. The summed E-state index contributed by atoms with van der Waals surface area (Å²) >= 11 is 25.3. The molecule has 404 valence electrons. The Labute approximate surface area is 471 Å². The van der Waals surface area contributed by atoms with Crippen LogP contribution >= 0.6 is 46.4 Å². The van der Waals surface area contributed by atoms with E-state index in [1.54, 1.807) is 7.11 Å². The van der Waals surface area contributed by atoms with Crippen LogP contribution < -0.4 is 0 Å². The molecule has 7 aromatic carbocycles. The Kier molecular flexibility index (Phi) is 21.8. The molecule has 2 aliphatic rings. The smallest absolute Gasteiger partial charge is 0.187 e. The van der Waals surface area contributed by atoms with Gasteiger partial charge in [0.25, 0.3) is 0 Å². The molecule has 2 aliphatic heterocycles. The predicted molar refractivity (Wildman–Crippen MR) is 297 cm³/mol. The molecule has 9 rings (SSSR count). The van der Waals surface area contributed by atoms with Crippen molar-refractivity contribution in [3.63, 3.8) is 0 Å². The number of halogens is 4. The minimum absolute atomic E-state index is 0.0695. The van der Waals surface area contributed by atoms with Crippen LogP contribution in [0.2, 0.25) is 20.1 Å². The molecule has 0 unspecified atom stereocenters. The Morgan fingerprint density at radius 1 is 0.299 bits per heavy atom. The van der Waals surface area contributed by atoms with Crippen molar-refractivity contribution in [3.05, 3.63) is 247 Å². The van der Waals surface area contributed by atoms with Crippen molar-refractivity contribution in [1.82, 2.24) is 0 Å². The molecule has 2 saturated heterocycles. The second-order valence-corrected chi connectivity index (χ2v) is 20.5. The van der Waals surface area contributed by atoms with Crippen molar-refractivity contribution in [1.29, 1.82) is 0 Å². The minimum atomic E-state index is -1.09. The van der Waals surface area contributed by atoms with Gasteiger partial charge in [0.2, 0.25) is 0 Å². The molecule has 0 bridgehead atoms. The van der Waals surface area contributed by atoms with Crippen LogP contribution in [-0.2, 0) is 98.4 Å². The molecular formula is C62H62Cl4O11.